The van der Waals surface area contributed by atoms with E-state index in [1.165, 1.54) is 5.69 Å². The second-order valence-electron chi connectivity index (χ2n) is 3.48. The normalized spacial score (nSPS) is 19.2. The lowest BCUT2D eigenvalue weighted by Gasteiger charge is -2.22. The Bertz CT molecular complexity index is 264. The van der Waals surface area contributed by atoms with E-state index in [4.69, 9.17) is 4.74 Å². The van der Waals surface area contributed by atoms with E-state index in [0.717, 1.165) is 32.5 Å². The van der Waals surface area contributed by atoms with E-state index >= 15 is 0 Å². The number of rotatable bonds is 2. The highest BCUT2D eigenvalue weighted by Crippen LogP contribution is 2.19. The van der Waals surface area contributed by atoms with Crippen LogP contribution >= 0.6 is 0 Å². The quantitative estimate of drug-likeness (QED) is 0.694. The Morgan fingerprint density at radius 3 is 2.92 bits per heavy atom. The van der Waals surface area contributed by atoms with Gasteiger partial charge in [-0.25, -0.2) is 0 Å². The minimum absolute atomic E-state index is 0.564. The summed E-state index contributed by atoms with van der Waals surface area (Å²) in [7, 11) is 0. The van der Waals surface area contributed by atoms with Crippen LogP contribution in [0.4, 0.5) is 0 Å². The smallest absolute Gasteiger partial charge is 0.0621 e. The Morgan fingerprint density at radius 1 is 1.54 bits per heavy atom. The molecule has 1 aliphatic rings. The fourth-order valence-electron chi connectivity index (χ4n) is 1.72. The third kappa shape index (κ3) is 1.91. The Labute approximate surface area is 78.7 Å². The van der Waals surface area contributed by atoms with Crippen LogP contribution in [0.25, 0.3) is 0 Å². The first-order valence-corrected chi connectivity index (χ1v) is 5.02. The maximum atomic E-state index is 5.31. The summed E-state index contributed by atoms with van der Waals surface area (Å²) in [5.74, 6) is 0. The van der Waals surface area contributed by atoms with Crippen LogP contribution in [-0.2, 0) is 11.2 Å². The first kappa shape index (κ1) is 8.75. The predicted octanol–water partition coefficient (Wildman–Crippen LogP) is 1.80. The number of aromatic nitrogens is 2. The minimum atomic E-state index is 0.564. The zero-order chi connectivity index (χ0) is 9.10. The number of ether oxygens (including phenoxy) is 1. The zero-order valence-corrected chi connectivity index (χ0v) is 8.07. The third-order valence-electron chi connectivity index (χ3n) is 2.59. The van der Waals surface area contributed by atoms with Crippen molar-refractivity contribution in [3.63, 3.8) is 0 Å². The summed E-state index contributed by atoms with van der Waals surface area (Å²) in [5.41, 5.74) is 1.19. The molecule has 0 unspecified atom stereocenters. The van der Waals surface area contributed by atoms with Crippen LogP contribution in [0.15, 0.2) is 12.3 Å². The predicted molar refractivity (Wildman–Crippen MR) is 50.7 cm³/mol. The fraction of sp³-hybridized carbons (Fsp3) is 0.700. The van der Waals surface area contributed by atoms with Gasteiger partial charge in [0.25, 0.3) is 0 Å². The van der Waals surface area contributed by atoms with Crippen LogP contribution < -0.4 is 0 Å². The maximum Gasteiger partial charge on any atom is 0.0621 e. The highest BCUT2D eigenvalue weighted by Gasteiger charge is 2.15. The van der Waals surface area contributed by atoms with Gasteiger partial charge in [-0.1, -0.05) is 6.92 Å². The molecule has 0 radical (unpaired) electrons. The fourth-order valence-corrected chi connectivity index (χ4v) is 1.72. The van der Waals surface area contributed by atoms with E-state index in [1.54, 1.807) is 0 Å². The first-order chi connectivity index (χ1) is 6.40. The summed E-state index contributed by atoms with van der Waals surface area (Å²) in [6.07, 6.45) is 5.32. The molecule has 0 aromatic carbocycles. The summed E-state index contributed by atoms with van der Waals surface area (Å²) in [6, 6.07) is 2.67. The van der Waals surface area contributed by atoms with E-state index in [0.29, 0.717) is 6.04 Å². The van der Waals surface area contributed by atoms with Gasteiger partial charge in [0.15, 0.2) is 0 Å². The van der Waals surface area contributed by atoms with Gasteiger partial charge >= 0.3 is 0 Å². The van der Waals surface area contributed by atoms with Crippen molar-refractivity contribution < 1.29 is 4.74 Å². The van der Waals surface area contributed by atoms with Crippen LogP contribution in [0, 0.1) is 0 Å². The second-order valence-corrected chi connectivity index (χ2v) is 3.48. The Hall–Kier alpha value is -0.830. The molecule has 0 saturated carbocycles. The second kappa shape index (κ2) is 3.92. The molecule has 3 heteroatoms. The van der Waals surface area contributed by atoms with Gasteiger partial charge < -0.3 is 4.74 Å². The molecule has 0 atom stereocenters. The van der Waals surface area contributed by atoms with E-state index in [9.17, 15) is 0 Å². The van der Waals surface area contributed by atoms with Crippen LogP contribution in [0.5, 0.6) is 0 Å². The minimum Gasteiger partial charge on any atom is -0.381 e. The molecule has 2 heterocycles. The molecule has 1 aromatic rings. The van der Waals surface area contributed by atoms with Crippen molar-refractivity contribution in [2.45, 2.75) is 32.2 Å². The molecule has 0 N–H and O–H groups in total. The van der Waals surface area contributed by atoms with Crippen molar-refractivity contribution in [2.75, 3.05) is 13.2 Å². The number of nitrogens with zero attached hydrogens (tertiary/aromatic N) is 2. The number of hydrogen-bond acceptors (Lipinski definition) is 2. The molecular weight excluding hydrogens is 164 g/mol. The summed E-state index contributed by atoms with van der Waals surface area (Å²) in [5, 5.41) is 4.51. The molecule has 0 spiro atoms. The van der Waals surface area contributed by atoms with Crippen molar-refractivity contribution >= 4 is 0 Å². The molecule has 72 valence electrons. The SMILES string of the molecule is CCc1ccn(C2CCOCC2)n1. The summed E-state index contributed by atoms with van der Waals surface area (Å²) in [4.78, 5) is 0. The van der Waals surface area contributed by atoms with Crippen molar-refractivity contribution in [1.29, 1.82) is 0 Å². The molecular formula is C10H16N2O. The molecule has 1 aliphatic heterocycles. The molecule has 1 aromatic heterocycles. The van der Waals surface area contributed by atoms with Crippen molar-refractivity contribution in [1.82, 2.24) is 9.78 Å². The summed E-state index contributed by atoms with van der Waals surface area (Å²) >= 11 is 0. The molecule has 0 amide bonds. The average Bonchev–Trinajstić information content (AvgIpc) is 2.67. The molecule has 0 aliphatic carbocycles. The zero-order valence-electron chi connectivity index (χ0n) is 8.07. The van der Waals surface area contributed by atoms with Crippen molar-refractivity contribution in [3.8, 4) is 0 Å². The molecule has 1 saturated heterocycles. The molecule has 2 rings (SSSR count). The lowest BCUT2D eigenvalue weighted by molar-refractivity contribution is 0.0661. The third-order valence-corrected chi connectivity index (χ3v) is 2.59. The molecule has 0 bridgehead atoms. The molecule has 13 heavy (non-hydrogen) atoms. The lowest BCUT2D eigenvalue weighted by Crippen LogP contribution is -2.20. The van der Waals surface area contributed by atoms with Crippen LogP contribution in [0.3, 0.4) is 0 Å². The Balaban J connectivity index is 2.05. The topological polar surface area (TPSA) is 27.1 Å². The van der Waals surface area contributed by atoms with E-state index < -0.39 is 0 Å². The van der Waals surface area contributed by atoms with Crippen molar-refractivity contribution in [2.24, 2.45) is 0 Å². The van der Waals surface area contributed by atoms with Gasteiger partial charge in [-0.15, -0.1) is 0 Å². The maximum absolute atomic E-state index is 5.31. The van der Waals surface area contributed by atoms with Gasteiger partial charge in [-0.2, -0.15) is 5.10 Å². The lowest BCUT2D eigenvalue weighted by atomic mass is 10.1. The van der Waals surface area contributed by atoms with Gasteiger partial charge in [0.05, 0.1) is 11.7 Å². The van der Waals surface area contributed by atoms with Crippen LogP contribution in [0.1, 0.15) is 31.5 Å². The Kier molecular flexibility index (Phi) is 2.64. The van der Waals surface area contributed by atoms with Crippen LogP contribution in [-0.4, -0.2) is 23.0 Å². The van der Waals surface area contributed by atoms with Gasteiger partial charge in [0, 0.05) is 19.4 Å². The number of hydrogen-bond donors (Lipinski definition) is 0. The number of aryl methyl sites for hydroxylation is 1. The van der Waals surface area contributed by atoms with E-state index in [1.807, 2.05) is 0 Å². The standard InChI is InChI=1S/C10H16N2O/c1-2-9-3-6-12(11-9)10-4-7-13-8-5-10/h3,6,10H,2,4-5,7-8H2,1H3. The first-order valence-electron chi connectivity index (χ1n) is 5.02. The Morgan fingerprint density at radius 2 is 2.31 bits per heavy atom. The summed E-state index contributed by atoms with van der Waals surface area (Å²) < 4.78 is 7.41. The highest BCUT2D eigenvalue weighted by atomic mass is 16.5. The largest absolute Gasteiger partial charge is 0.381 e. The highest BCUT2D eigenvalue weighted by molar-refractivity contribution is 4.99. The van der Waals surface area contributed by atoms with Gasteiger partial charge in [0.2, 0.25) is 0 Å². The summed E-state index contributed by atoms with van der Waals surface area (Å²) in [6.45, 7) is 3.90. The molecule has 1 fully saturated rings. The van der Waals surface area contributed by atoms with Crippen LogP contribution in [0.2, 0.25) is 0 Å². The van der Waals surface area contributed by atoms with Gasteiger partial charge in [-0.3, -0.25) is 4.68 Å². The van der Waals surface area contributed by atoms with Gasteiger partial charge in [-0.05, 0) is 25.3 Å². The molecule has 3 nitrogen and oxygen atoms in total. The van der Waals surface area contributed by atoms with E-state index in [2.05, 4.69) is 29.0 Å². The monoisotopic (exact) mass is 180 g/mol. The van der Waals surface area contributed by atoms with Crippen molar-refractivity contribution in [3.05, 3.63) is 18.0 Å². The van der Waals surface area contributed by atoms with Gasteiger partial charge in [0.1, 0.15) is 0 Å². The van der Waals surface area contributed by atoms with E-state index in [-0.39, 0.29) is 0 Å². The average molecular weight is 180 g/mol.